The molecule has 6 heteroatoms. The standard InChI is InChI=1S/C29H30FN3O2/c1-20(2)28(34)33-14-13-24-19-23(11-12-26(24)33)21-7-9-22(10-8-21)29(35)32-17-15-31(16-18-32)27-6-4-3-5-25(27)30/h3-12,19-20H,13-18H2,1-2H3. The van der Waals surface area contributed by atoms with Crippen LogP contribution in [0, 0.1) is 11.7 Å². The first-order chi connectivity index (χ1) is 16.9. The van der Waals surface area contributed by atoms with E-state index in [1.807, 2.05) is 71.0 Å². The lowest BCUT2D eigenvalue weighted by Gasteiger charge is -2.36. The van der Waals surface area contributed by atoms with Crippen LogP contribution in [0.5, 0.6) is 0 Å². The zero-order chi connectivity index (χ0) is 24.5. The van der Waals surface area contributed by atoms with Crippen molar-refractivity contribution in [1.82, 2.24) is 4.90 Å². The Kier molecular flexibility index (Phi) is 6.29. The molecule has 0 atom stereocenters. The predicted molar refractivity (Wildman–Crippen MR) is 137 cm³/mol. The molecule has 0 aliphatic carbocycles. The van der Waals surface area contributed by atoms with E-state index in [0.29, 0.717) is 37.4 Å². The van der Waals surface area contributed by atoms with Crippen LogP contribution in [0.25, 0.3) is 11.1 Å². The van der Waals surface area contributed by atoms with Crippen molar-refractivity contribution in [3.05, 3.63) is 83.7 Å². The van der Waals surface area contributed by atoms with E-state index in [-0.39, 0.29) is 23.5 Å². The first-order valence-electron chi connectivity index (χ1n) is 12.3. The van der Waals surface area contributed by atoms with Crippen molar-refractivity contribution >= 4 is 23.2 Å². The van der Waals surface area contributed by atoms with Crippen LogP contribution >= 0.6 is 0 Å². The Hall–Kier alpha value is -3.67. The van der Waals surface area contributed by atoms with Crippen molar-refractivity contribution in [1.29, 1.82) is 0 Å². The highest BCUT2D eigenvalue weighted by Crippen LogP contribution is 2.33. The molecule has 0 spiro atoms. The van der Waals surface area contributed by atoms with Crippen molar-refractivity contribution in [3.63, 3.8) is 0 Å². The number of anilines is 2. The van der Waals surface area contributed by atoms with Crippen LogP contribution < -0.4 is 9.80 Å². The first kappa shape index (κ1) is 23.1. The highest BCUT2D eigenvalue weighted by molar-refractivity contribution is 5.97. The molecule has 2 heterocycles. The third-order valence-corrected chi connectivity index (χ3v) is 6.96. The van der Waals surface area contributed by atoms with Crippen LogP contribution in [0.2, 0.25) is 0 Å². The van der Waals surface area contributed by atoms with Crippen molar-refractivity contribution in [2.24, 2.45) is 5.92 Å². The van der Waals surface area contributed by atoms with Gasteiger partial charge < -0.3 is 14.7 Å². The van der Waals surface area contributed by atoms with Gasteiger partial charge in [-0.3, -0.25) is 9.59 Å². The van der Waals surface area contributed by atoms with Gasteiger partial charge in [-0.1, -0.05) is 44.2 Å². The molecule has 3 aromatic carbocycles. The SMILES string of the molecule is CC(C)C(=O)N1CCc2cc(-c3ccc(C(=O)N4CCN(c5ccccc5F)CC4)cc3)ccc21. The van der Waals surface area contributed by atoms with Crippen molar-refractivity contribution < 1.29 is 14.0 Å². The third kappa shape index (κ3) is 4.53. The number of hydrogen-bond acceptors (Lipinski definition) is 3. The van der Waals surface area contributed by atoms with Gasteiger partial charge in [-0.2, -0.15) is 0 Å². The fourth-order valence-electron chi connectivity index (χ4n) is 4.97. The predicted octanol–water partition coefficient (Wildman–Crippen LogP) is 5.00. The number of carbonyl (C=O) groups excluding carboxylic acids is 2. The largest absolute Gasteiger partial charge is 0.366 e. The lowest BCUT2D eigenvalue weighted by Crippen LogP contribution is -2.49. The molecule has 2 amide bonds. The van der Waals surface area contributed by atoms with Crippen LogP contribution in [0.15, 0.2) is 66.7 Å². The van der Waals surface area contributed by atoms with Gasteiger partial charge >= 0.3 is 0 Å². The quantitative estimate of drug-likeness (QED) is 0.538. The van der Waals surface area contributed by atoms with E-state index < -0.39 is 0 Å². The van der Waals surface area contributed by atoms with Crippen LogP contribution in [-0.4, -0.2) is 49.4 Å². The Morgan fingerprint density at radius 2 is 1.49 bits per heavy atom. The summed E-state index contributed by atoms with van der Waals surface area (Å²) in [6.07, 6.45) is 0.858. The minimum absolute atomic E-state index is 0.00141. The van der Waals surface area contributed by atoms with Crippen LogP contribution in [0.3, 0.4) is 0 Å². The van der Waals surface area contributed by atoms with Crippen LogP contribution in [0.1, 0.15) is 29.8 Å². The minimum Gasteiger partial charge on any atom is -0.366 e. The molecule has 3 aromatic rings. The molecule has 0 unspecified atom stereocenters. The number of piperazine rings is 1. The summed E-state index contributed by atoms with van der Waals surface area (Å²) in [5.41, 5.74) is 5.57. The van der Waals surface area contributed by atoms with E-state index in [0.717, 1.165) is 29.8 Å². The lowest BCUT2D eigenvalue weighted by atomic mass is 10.00. The molecular formula is C29H30FN3O2. The van der Waals surface area contributed by atoms with Crippen molar-refractivity contribution in [3.8, 4) is 11.1 Å². The Morgan fingerprint density at radius 1 is 0.800 bits per heavy atom. The maximum Gasteiger partial charge on any atom is 0.253 e. The summed E-state index contributed by atoms with van der Waals surface area (Å²) in [4.78, 5) is 31.2. The monoisotopic (exact) mass is 471 g/mol. The number of hydrogen-bond donors (Lipinski definition) is 0. The molecule has 0 aromatic heterocycles. The number of para-hydroxylation sites is 1. The smallest absolute Gasteiger partial charge is 0.253 e. The highest BCUT2D eigenvalue weighted by atomic mass is 19.1. The molecule has 0 N–H and O–H groups in total. The summed E-state index contributed by atoms with van der Waals surface area (Å²) in [6.45, 7) is 6.93. The number of carbonyl (C=O) groups is 2. The second kappa shape index (κ2) is 9.53. The summed E-state index contributed by atoms with van der Waals surface area (Å²) in [7, 11) is 0. The molecular weight excluding hydrogens is 441 g/mol. The molecule has 0 saturated carbocycles. The summed E-state index contributed by atoms with van der Waals surface area (Å²) >= 11 is 0. The number of halogens is 1. The number of benzene rings is 3. The van der Waals surface area contributed by atoms with E-state index in [9.17, 15) is 14.0 Å². The number of amides is 2. The molecule has 1 fully saturated rings. The van der Waals surface area contributed by atoms with Gasteiger partial charge in [0.1, 0.15) is 5.82 Å². The zero-order valence-electron chi connectivity index (χ0n) is 20.2. The van der Waals surface area contributed by atoms with E-state index >= 15 is 0 Å². The van der Waals surface area contributed by atoms with E-state index in [1.54, 1.807) is 12.1 Å². The highest BCUT2D eigenvalue weighted by Gasteiger charge is 2.27. The third-order valence-electron chi connectivity index (χ3n) is 6.96. The van der Waals surface area contributed by atoms with Gasteiger partial charge in [0, 0.05) is 49.9 Å². The summed E-state index contributed by atoms with van der Waals surface area (Å²) in [6, 6.07) is 20.7. The van der Waals surface area contributed by atoms with Crippen molar-refractivity contribution in [2.45, 2.75) is 20.3 Å². The molecule has 180 valence electrons. The average molecular weight is 472 g/mol. The van der Waals surface area contributed by atoms with Gasteiger partial charge in [-0.15, -0.1) is 0 Å². The Balaban J connectivity index is 1.25. The van der Waals surface area contributed by atoms with E-state index in [2.05, 4.69) is 6.07 Å². The fraction of sp³-hybridized carbons (Fsp3) is 0.310. The first-order valence-corrected chi connectivity index (χ1v) is 12.3. The van der Waals surface area contributed by atoms with Gasteiger partial charge in [-0.05, 0) is 59.5 Å². The summed E-state index contributed by atoms with van der Waals surface area (Å²) < 4.78 is 14.1. The van der Waals surface area contributed by atoms with Crippen LogP contribution in [-0.2, 0) is 11.2 Å². The molecule has 35 heavy (non-hydrogen) atoms. The second-order valence-corrected chi connectivity index (χ2v) is 9.55. The number of rotatable bonds is 4. The number of fused-ring (bicyclic) bond motifs is 1. The molecule has 5 nitrogen and oxygen atoms in total. The van der Waals surface area contributed by atoms with E-state index in [4.69, 9.17) is 0 Å². The maximum atomic E-state index is 14.1. The normalized spacial score (nSPS) is 15.5. The topological polar surface area (TPSA) is 43.9 Å². The fourth-order valence-corrected chi connectivity index (χ4v) is 4.97. The molecule has 5 rings (SSSR count). The van der Waals surface area contributed by atoms with Gasteiger partial charge in [0.05, 0.1) is 5.69 Å². The van der Waals surface area contributed by atoms with Gasteiger partial charge in [-0.25, -0.2) is 4.39 Å². The Bertz CT molecular complexity index is 1250. The molecule has 2 aliphatic rings. The van der Waals surface area contributed by atoms with Crippen LogP contribution in [0.4, 0.5) is 15.8 Å². The van der Waals surface area contributed by atoms with Gasteiger partial charge in [0.2, 0.25) is 5.91 Å². The van der Waals surface area contributed by atoms with Gasteiger partial charge in [0.25, 0.3) is 5.91 Å². The molecule has 2 aliphatic heterocycles. The Labute approximate surface area is 205 Å². The summed E-state index contributed by atoms with van der Waals surface area (Å²) in [5, 5.41) is 0. The minimum atomic E-state index is -0.228. The molecule has 1 saturated heterocycles. The molecule has 0 bridgehead atoms. The lowest BCUT2D eigenvalue weighted by molar-refractivity contribution is -0.121. The van der Waals surface area contributed by atoms with Crippen molar-refractivity contribution in [2.75, 3.05) is 42.5 Å². The summed E-state index contributed by atoms with van der Waals surface area (Å²) in [5.74, 6) is -0.0857. The van der Waals surface area contributed by atoms with Gasteiger partial charge in [0.15, 0.2) is 0 Å². The number of nitrogens with zero attached hydrogens (tertiary/aromatic N) is 3. The molecule has 0 radical (unpaired) electrons. The zero-order valence-corrected chi connectivity index (χ0v) is 20.2. The van der Waals surface area contributed by atoms with E-state index in [1.165, 1.54) is 11.6 Å². The second-order valence-electron chi connectivity index (χ2n) is 9.55. The average Bonchev–Trinajstić information content (AvgIpc) is 3.31. The Morgan fingerprint density at radius 3 is 2.17 bits per heavy atom. The maximum absolute atomic E-state index is 14.1.